The van der Waals surface area contributed by atoms with Crippen molar-refractivity contribution in [3.05, 3.63) is 33.9 Å². The number of aliphatic hydroxyl groups is 1. The molecule has 1 aromatic carbocycles. The Bertz CT molecular complexity index is 530. The van der Waals surface area contributed by atoms with Crippen molar-refractivity contribution in [2.75, 3.05) is 24.5 Å². The molecular formula is C13H17N3O4. The zero-order valence-electron chi connectivity index (χ0n) is 11.2. The van der Waals surface area contributed by atoms with Gasteiger partial charge < -0.3 is 15.3 Å². The van der Waals surface area contributed by atoms with Crippen LogP contribution in [0.25, 0.3) is 0 Å². The van der Waals surface area contributed by atoms with Crippen LogP contribution in [0.2, 0.25) is 0 Å². The minimum Gasteiger partial charge on any atom is -0.389 e. The van der Waals surface area contributed by atoms with Crippen LogP contribution in [0.4, 0.5) is 11.4 Å². The Hall–Kier alpha value is -2.15. The van der Waals surface area contributed by atoms with E-state index in [2.05, 4.69) is 5.32 Å². The van der Waals surface area contributed by atoms with Gasteiger partial charge in [-0.05, 0) is 18.6 Å². The number of rotatable bonds is 3. The topological polar surface area (TPSA) is 95.7 Å². The van der Waals surface area contributed by atoms with E-state index in [1.54, 1.807) is 19.1 Å². The summed E-state index contributed by atoms with van der Waals surface area (Å²) >= 11 is 0. The summed E-state index contributed by atoms with van der Waals surface area (Å²) in [5.74, 6) is -0.0456. The summed E-state index contributed by atoms with van der Waals surface area (Å²) in [5.41, 5.74) is 0.943. The third-order valence-electron chi connectivity index (χ3n) is 3.33. The van der Waals surface area contributed by atoms with E-state index in [-0.39, 0.29) is 11.6 Å². The average Bonchev–Trinajstić information content (AvgIpc) is 2.62. The SMILES string of the molecule is C[C@H](O)c1ccc(N2CCNC(=O)CC2)c([N+](=O)[O-])c1. The molecule has 0 bridgehead atoms. The number of hydrogen-bond donors (Lipinski definition) is 2. The third-order valence-corrected chi connectivity index (χ3v) is 3.33. The molecule has 0 aliphatic carbocycles. The lowest BCUT2D eigenvalue weighted by Crippen LogP contribution is -2.28. The van der Waals surface area contributed by atoms with E-state index in [1.807, 2.05) is 4.90 Å². The number of carbonyl (C=O) groups is 1. The summed E-state index contributed by atoms with van der Waals surface area (Å²) in [4.78, 5) is 23.9. The first-order chi connectivity index (χ1) is 9.49. The van der Waals surface area contributed by atoms with Gasteiger partial charge in [0.15, 0.2) is 0 Å². The molecule has 1 atom stereocenters. The van der Waals surface area contributed by atoms with E-state index in [1.165, 1.54) is 6.07 Å². The van der Waals surface area contributed by atoms with Gasteiger partial charge in [0.1, 0.15) is 5.69 Å². The van der Waals surface area contributed by atoms with Crippen molar-refractivity contribution < 1.29 is 14.8 Å². The van der Waals surface area contributed by atoms with E-state index in [4.69, 9.17) is 0 Å². The Morgan fingerprint density at radius 1 is 1.45 bits per heavy atom. The lowest BCUT2D eigenvalue weighted by atomic mass is 10.1. The van der Waals surface area contributed by atoms with Gasteiger partial charge in [0.05, 0.1) is 11.0 Å². The third kappa shape index (κ3) is 3.05. The van der Waals surface area contributed by atoms with Gasteiger partial charge >= 0.3 is 0 Å². The Balaban J connectivity index is 2.34. The Morgan fingerprint density at radius 2 is 2.20 bits per heavy atom. The van der Waals surface area contributed by atoms with Gasteiger partial charge in [-0.25, -0.2) is 0 Å². The Morgan fingerprint density at radius 3 is 2.85 bits per heavy atom. The smallest absolute Gasteiger partial charge is 0.292 e. The van der Waals surface area contributed by atoms with E-state index in [9.17, 15) is 20.0 Å². The number of nitro groups is 1. The van der Waals surface area contributed by atoms with Crippen molar-refractivity contribution in [1.29, 1.82) is 0 Å². The predicted molar refractivity (Wildman–Crippen MR) is 73.6 cm³/mol. The molecule has 1 aliphatic heterocycles. The molecule has 1 heterocycles. The molecule has 0 aromatic heterocycles. The maximum atomic E-state index is 11.3. The van der Waals surface area contributed by atoms with Gasteiger partial charge in [0.2, 0.25) is 5.91 Å². The lowest BCUT2D eigenvalue weighted by Gasteiger charge is -2.22. The molecule has 1 saturated heterocycles. The normalized spacial score (nSPS) is 17.3. The van der Waals surface area contributed by atoms with Gasteiger partial charge in [0, 0.05) is 32.1 Å². The minimum atomic E-state index is -0.755. The zero-order chi connectivity index (χ0) is 14.7. The molecule has 1 aromatic rings. The van der Waals surface area contributed by atoms with Crippen LogP contribution >= 0.6 is 0 Å². The van der Waals surface area contributed by atoms with E-state index in [0.29, 0.717) is 37.3 Å². The molecule has 2 rings (SSSR count). The largest absolute Gasteiger partial charge is 0.389 e. The second kappa shape index (κ2) is 5.87. The molecule has 0 radical (unpaired) electrons. The van der Waals surface area contributed by atoms with Crippen LogP contribution in [-0.4, -0.2) is 35.6 Å². The Kier molecular flexibility index (Phi) is 4.19. The number of carbonyl (C=O) groups excluding carboxylic acids is 1. The highest BCUT2D eigenvalue weighted by Crippen LogP contribution is 2.31. The number of amides is 1. The summed E-state index contributed by atoms with van der Waals surface area (Å²) in [6.45, 7) is 3.00. The average molecular weight is 279 g/mol. The first-order valence-electron chi connectivity index (χ1n) is 6.47. The maximum Gasteiger partial charge on any atom is 0.292 e. The number of nitro benzene ring substituents is 1. The summed E-state index contributed by atoms with van der Waals surface area (Å²) in [6, 6.07) is 4.70. The number of nitrogens with zero attached hydrogens (tertiary/aromatic N) is 2. The molecule has 7 nitrogen and oxygen atoms in total. The molecule has 1 aliphatic rings. The molecule has 20 heavy (non-hydrogen) atoms. The fraction of sp³-hybridized carbons (Fsp3) is 0.462. The molecule has 1 amide bonds. The van der Waals surface area contributed by atoms with Crippen molar-refractivity contribution >= 4 is 17.3 Å². The van der Waals surface area contributed by atoms with Gasteiger partial charge in [-0.15, -0.1) is 0 Å². The summed E-state index contributed by atoms with van der Waals surface area (Å²) in [6.07, 6.45) is -0.440. The van der Waals surface area contributed by atoms with Crippen molar-refractivity contribution in [3.8, 4) is 0 Å². The highest BCUT2D eigenvalue weighted by molar-refractivity contribution is 5.77. The molecular weight excluding hydrogens is 262 g/mol. The monoisotopic (exact) mass is 279 g/mol. The van der Waals surface area contributed by atoms with Gasteiger partial charge in [-0.2, -0.15) is 0 Å². The van der Waals surface area contributed by atoms with Crippen molar-refractivity contribution in [2.45, 2.75) is 19.4 Å². The second-order valence-corrected chi connectivity index (χ2v) is 4.77. The van der Waals surface area contributed by atoms with Gasteiger partial charge in [0.25, 0.3) is 5.69 Å². The summed E-state index contributed by atoms with van der Waals surface area (Å²) < 4.78 is 0. The van der Waals surface area contributed by atoms with Gasteiger partial charge in [-0.1, -0.05) is 6.07 Å². The summed E-state index contributed by atoms with van der Waals surface area (Å²) in [7, 11) is 0. The number of nitrogens with one attached hydrogen (secondary N) is 1. The van der Waals surface area contributed by atoms with Crippen LogP contribution in [0.1, 0.15) is 25.0 Å². The maximum absolute atomic E-state index is 11.3. The fourth-order valence-corrected chi connectivity index (χ4v) is 2.22. The van der Waals surface area contributed by atoms with E-state index >= 15 is 0 Å². The van der Waals surface area contributed by atoms with E-state index in [0.717, 1.165) is 0 Å². The number of hydrogen-bond acceptors (Lipinski definition) is 5. The highest BCUT2D eigenvalue weighted by Gasteiger charge is 2.23. The number of benzene rings is 1. The van der Waals surface area contributed by atoms with Crippen LogP contribution in [0.15, 0.2) is 18.2 Å². The van der Waals surface area contributed by atoms with Crippen LogP contribution < -0.4 is 10.2 Å². The highest BCUT2D eigenvalue weighted by atomic mass is 16.6. The molecule has 108 valence electrons. The number of aliphatic hydroxyl groups excluding tert-OH is 1. The molecule has 0 saturated carbocycles. The van der Waals surface area contributed by atoms with Crippen LogP contribution in [0.3, 0.4) is 0 Å². The van der Waals surface area contributed by atoms with Crippen molar-refractivity contribution in [2.24, 2.45) is 0 Å². The van der Waals surface area contributed by atoms with Crippen LogP contribution in [0.5, 0.6) is 0 Å². The van der Waals surface area contributed by atoms with Gasteiger partial charge in [-0.3, -0.25) is 14.9 Å². The van der Waals surface area contributed by atoms with Crippen LogP contribution in [-0.2, 0) is 4.79 Å². The Labute approximate surface area is 116 Å². The lowest BCUT2D eigenvalue weighted by molar-refractivity contribution is -0.384. The molecule has 0 spiro atoms. The quantitative estimate of drug-likeness (QED) is 0.635. The molecule has 7 heteroatoms. The molecule has 0 unspecified atom stereocenters. The van der Waals surface area contributed by atoms with Crippen LogP contribution in [0, 0.1) is 10.1 Å². The molecule has 2 N–H and O–H groups in total. The minimum absolute atomic E-state index is 0.0438. The first kappa shape index (κ1) is 14.3. The number of anilines is 1. The standard InChI is InChI=1S/C13H17N3O4/c1-9(17)10-2-3-11(12(8-10)16(19)20)15-6-4-13(18)14-5-7-15/h2-3,8-9,17H,4-7H2,1H3,(H,14,18)/t9-/m0/s1. The zero-order valence-corrected chi connectivity index (χ0v) is 11.2. The summed E-state index contributed by atoms with van der Waals surface area (Å²) in [5, 5.41) is 23.5. The second-order valence-electron chi connectivity index (χ2n) is 4.77. The first-order valence-corrected chi connectivity index (χ1v) is 6.47. The van der Waals surface area contributed by atoms with Crippen molar-refractivity contribution in [3.63, 3.8) is 0 Å². The predicted octanol–water partition coefficient (Wildman–Crippen LogP) is 0.974. The molecule has 1 fully saturated rings. The fourth-order valence-electron chi connectivity index (χ4n) is 2.22. The van der Waals surface area contributed by atoms with E-state index < -0.39 is 11.0 Å². The van der Waals surface area contributed by atoms with Crippen molar-refractivity contribution in [1.82, 2.24) is 5.32 Å².